The number of hydrogen-bond donors (Lipinski definition) is 2. The van der Waals surface area contributed by atoms with Gasteiger partial charge in [0.05, 0.1) is 16.2 Å². The molecule has 0 aliphatic carbocycles. The number of benzene rings is 1. The van der Waals surface area contributed by atoms with Crippen LogP contribution in [0.25, 0.3) is 10.9 Å². The fraction of sp³-hybridized carbons (Fsp3) is 0.350. The van der Waals surface area contributed by atoms with Gasteiger partial charge < -0.3 is 15.5 Å². The minimum absolute atomic E-state index is 0. The summed E-state index contributed by atoms with van der Waals surface area (Å²) in [5.41, 5.74) is 3.32. The number of hydrogen-bond acceptors (Lipinski definition) is 5. The van der Waals surface area contributed by atoms with Crippen LogP contribution >= 0.6 is 35.3 Å². The summed E-state index contributed by atoms with van der Waals surface area (Å²) < 4.78 is 0. The number of halogens is 1. The minimum Gasteiger partial charge on any atom is -0.363 e. The zero-order valence-electron chi connectivity index (χ0n) is 16.7. The predicted molar refractivity (Wildman–Crippen MR) is 130 cm³/mol. The molecule has 0 spiro atoms. The molecule has 150 valence electrons. The number of aryl methyl sites for hydroxylation is 1. The van der Waals surface area contributed by atoms with E-state index in [0.29, 0.717) is 6.54 Å². The molecule has 0 aliphatic rings. The Balaban J connectivity index is 0.00000280. The molecule has 0 fully saturated rings. The maximum absolute atomic E-state index is 4.71. The third kappa shape index (κ3) is 5.78. The van der Waals surface area contributed by atoms with E-state index in [-0.39, 0.29) is 24.0 Å². The van der Waals surface area contributed by atoms with Crippen molar-refractivity contribution >= 4 is 58.0 Å². The molecule has 3 rings (SSSR count). The monoisotopic (exact) mass is 510 g/mol. The maximum Gasteiger partial charge on any atom is 0.191 e. The highest BCUT2D eigenvalue weighted by atomic mass is 127. The van der Waals surface area contributed by atoms with Gasteiger partial charge in [-0.2, -0.15) is 0 Å². The van der Waals surface area contributed by atoms with Gasteiger partial charge in [-0.15, -0.1) is 35.3 Å². The summed E-state index contributed by atoms with van der Waals surface area (Å²) in [6.45, 7) is 3.51. The number of guanidine groups is 1. The minimum atomic E-state index is 0. The van der Waals surface area contributed by atoms with E-state index in [0.717, 1.165) is 46.3 Å². The molecule has 0 radical (unpaired) electrons. The van der Waals surface area contributed by atoms with Gasteiger partial charge in [-0.25, -0.2) is 9.97 Å². The van der Waals surface area contributed by atoms with Crippen LogP contribution in [-0.2, 0) is 13.0 Å². The van der Waals surface area contributed by atoms with Gasteiger partial charge in [-0.3, -0.25) is 4.99 Å². The Kier molecular flexibility index (Phi) is 8.43. The van der Waals surface area contributed by atoms with Gasteiger partial charge in [-0.05, 0) is 24.6 Å². The van der Waals surface area contributed by atoms with Gasteiger partial charge in [-0.1, -0.05) is 18.2 Å². The molecule has 6 nitrogen and oxygen atoms in total. The zero-order valence-corrected chi connectivity index (χ0v) is 19.8. The van der Waals surface area contributed by atoms with Crippen molar-refractivity contribution in [3.8, 4) is 0 Å². The molecule has 2 aromatic heterocycles. The molecule has 2 N–H and O–H groups in total. The molecule has 0 bridgehead atoms. The number of anilines is 1. The number of thiazole rings is 1. The first-order chi connectivity index (χ1) is 13.1. The highest BCUT2D eigenvalue weighted by Gasteiger charge is 2.08. The lowest BCUT2D eigenvalue weighted by molar-refractivity contribution is 0.787. The summed E-state index contributed by atoms with van der Waals surface area (Å²) in [7, 11) is 5.81. The van der Waals surface area contributed by atoms with E-state index in [1.54, 1.807) is 18.4 Å². The van der Waals surface area contributed by atoms with Gasteiger partial charge in [0.15, 0.2) is 5.96 Å². The van der Waals surface area contributed by atoms with Gasteiger partial charge in [0.2, 0.25) is 0 Å². The van der Waals surface area contributed by atoms with E-state index in [4.69, 9.17) is 4.98 Å². The van der Waals surface area contributed by atoms with Crippen LogP contribution in [0.3, 0.4) is 0 Å². The molecule has 8 heteroatoms. The molecular weight excluding hydrogens is 483 g/mol. The standard InChI is InChI=1S/C20H26N6S.HI/c1-14-24-16(13-27-14)9-10-22-20(21-2)23-12-15-11-19(26(3)4)25-18-8-6-5-7-17(15)18;/h5-8,11,13H,9-10,12H2,1-4H3,(H2,21,22,23);1H. The second-order valence-electron chi connectivity index (χ2n) is 6.51. The number of aromatic nitrogens is 2. The summed E-state index contributed by atoms with van der Waals surface area (Å²) in [6.07, 6.45) is 0.883. The van der Waals surface area contributed by atoms with E-state index in [1.165, 1.54) is 5.56 Å². The lowest BCUT2D eigenvalue weighted by Gasteiger charge is -2.16. The first-order valence-corrected chi connectivity index (χ1v) is 9.86. The molecule has 0 aliphatic heterocycles. The largest absolute Gasteiger partial charge is 0.363 e. The lowest BCUT2D eigenvalue weighted by atomic mass is 10.1. The smallest absolute Gasteiger partial charge is 0.191 e. The van der Waals surface area contributed by atoms with Crippen LogP contribution in [-0.4, -0.2) is 43.6 Å². The van der Waals surface area contributed by atoms with E-state index < -0.39 is 0 Å². The molecule has 2 heterocycles. The van der Waals surface area contributed by atoms with E-state index >= 15 is 0 Å². The Morgan fingerprint density at radius 1 is 1.18 bits per heavy atom. The van der Waals surface area contributed by atoms with Crippen LogP contribution in [0.1, 0.15) is 16.3 Å². The van der Waals surface area contributed by atoms with Crippen LogP contribution in [0, 0.1) is 6.92 Å². The Labute approximate surface area is 187 Å². The number of para-hydroxylation sites is 1. The number of nitrogens with zero attached hydrogens (tertiary/aromatic N) is 4. The Hall–Kier alpha value is -1.94. The van der Waals surface area contributed by atoms with Crippen molar-refractivity contribution in [1.29, 1.82) is 0 Å². The molecule has 0 amide bonds. The van der Waals surface area contributed by atoms with Crippen molar-refractivity contribution in [2.45, 2.75) is 19.9 Å². The lowest BCUT2D eigenvalue weighted by Crippen LogP contribution is -2.38. The van der Waals surface area contributed by atoms with Crippen molar-refractivity contribution < 1.29 is 0 Å². The maximum atomic E-state index is 4.71. The van der Waals surface area contributed by atoms with Gasteiger partial charge >= 0.3 is 0 Å². The Morgan fingerprint density at radius 2 is 1.96 bits per heavy atom. The number of pyridine rings is 1. The molecule has 0 saturated heterocycles. The average Bonchev–Trinajstić information content (AvgIpc) is 3.09. The third-order valence-electron chi connectivity index (χ3n) is 4.26. The molecular formula is C20H27IN6S. The van der Waals surface area contributed by atoms with Crippen LogP contribution in [0.5, 0.6) is 0 Å². The van der Waals surface area contributed by atoms with E-state index in [1.807, 2.05) is 38.1 Å². The van der Waals surface area contributed by atoms with Crippen LogP contribution in [0.15, 0.2) is 40.7 Å². The molecule has 28 heavy (non-hydrogen) atoms. The second-order valence-corrected chi connectivity index (χ2v) is 7.57. The van der Waals surface area contributed by atoms with Crippen LogP contribution < -0.4 is 15.5 Å². The third-order valence-corrected chi connectivity index (χ3v) is 5.08. The quantitative estimate of drug-likeness (QED) is 0.302. The molecule has 0 atom stereocenters. The molecule has 1 aromatic carbocycles. The first kappa shape index (κ1) is 22.4. The fourth-order valence-corrected chi connectivity index (χ4v) is 3.49. The number of aliphatic imine (C=N–C) groups is 1. The summed E-state index contributed by atoms with van der Waals surface area (Å²) in [6, 6.07) is 10.4. The number of rotatable bonds is 6. The highest BCUT2D eigenvalue weighted by Crippen LogP contribution is 2.21. The Morgan fingerprint density at radius 3 is 2.64 bits per heavy atom. The number of fused-ring (bicyclic) bond motifs is 1. The second kappa shape index (κ2) is 10.6. The van der Waals surface area contributed by atoms with Gasteiger partial charge in [0.1, 0.15) is 5.82 Å². The summed E-state index contributed by atoms with van der Waals surface area (Å²) in [5.74, 6) is 1.74. The topological polar surface area (TPSA) is 65.4 Å². The summed E-state index contributed by atoms with van der Waals surface area (Å²) >= 11 is 1.69. The zero-order chi connectivity index (χ0) is 19.2. The van der Waals surface area contributed by atoms with Crippen molar-refractivity contribution in [1.82, 2.24) is 20.6 Å². The summed E-state index contributed by atoms with van der Waals surface area (Å²) in [4.78, 5) is 15.6. The van der Waals surface area contributed by atoms with Crippen LogP contribution in [0.4, 0.5) is 5.82 Å². The first-order valence-electron chi connectivity index (χ1n) is 8.98. The molecule has 0 saturated carbocycles. The normalized spacial score (nSPS) is 11.2. The van der Waals surface area contributed by atoms with Crippen molar-refractivity contribution in [2.24, 2.45) is 4.99 Å². The SMILES string of the molecule is CN=C(NCCc1csc(C)n1)NCc1cc(N(C)C)nc2ccccc12.I. The van der Waals surface area contributed by atoms with Gasteiger partial charge in [0, 0.05) is 51.4 Å². The van der Waals surface area contributed by atoms with Crippen molar-refractivity contribution in [2.75, 3.05) is 32.6 Å². The molecule has 0 unspecified atom stereocenters. The van der Waals surface area contributed by atoms with Crippen molar-refractivity contribution in [3.05, 3.63) is 52.0 Å². The molecule has 3 aromatic rings. The summed E-state index contributed by atoms with van der Waals surface area (Å²) in [5, 5.41) is 11.1. The van der Waals surface area contributed by atoms with Crippen LogP contribution in [0.2, 0.25) is 0 Å². The van der Waals surface area contributed by atoms with E-state index in [9.17, 15) is 0 Å². The van der Waals surface area contributed by atoms with Crippen molar-refractivity contribution in [3.63, 3.8) is 0 Å². The fourth-order valence-electron chi connectivity index (χ4n) is 2.84. The van der Waals surface area contributed by atoms with Gasteiger partial charge in [0.25, 0.3) is 0 Å². The highest BCUT2D eigenvalue weighted by molar-refractivity contribution is 14.0. The predicted octanol–water partition coefficient (Wildman–Crippen LogP) is 3.59. The number of nitrogens with one attached hydrogen (secondary N) is 2. The average molecular weight is 510 g/mol. The Bertz CT molecular complexity index is 937. The van der Waals surface area contributed by atoms with E-state index in [2.05, 4.69) is 44.2 Å².